The molecule has 27 heavy (non-hydrogen) atoms. The van der Waals surface area contributed by atoms with E-state index in [1.54, 1.807) is 30.5 Å². The lowest BCUT2D eigenvalue weighted by molar-refractivity contribution is 0.102. The number of aromatic nitrogens is 1. The Labute approximate surface area is 157 Å². The molecule has 0 atom stereocenters. The topological polar surface area (TPSA) is 57.3 Å². The second kappa shape index (κ2) is 8.31. The van der Waals surface area contributed by atoms with Crippen LogP contribution in [0.25, 0.3) is 0 Å². The summed E-state index contributed by atoms with van der Waals surface area (Å²) in [4.78, 5) is 18.7. The van der Waals surface area contributed by atoms with Gasteiger partial charge in [-0.2, -0.15) is 0 Å². The molecule has 5 nitrogen and oxygen atoms in total. The van der Waals surface area contributed by atoms with E-state index < -0.39 is 0 Å². The van der Waals surface area contributed by atoms with Crippen LogP contribution in [0.1, 0.15) is 15.9 Å². The van der Waals surface area contributed by atoms with Crippen LogP contribution < -0.4 is 15.5 Å². The Hall–Kier alpha value is -3.41. The van der Waals surface area contributed by atoms with Crippen molar-refractivity contribution in [2.75, 3.05) is 29.6 Å². The molecule has 1 heterocycles. The molecule has 3 aromatic rings. The van der Waals surface area contributed by atoms with Gasteiger partial charge in [0.05, 0.1) is 0 Å². The Kier molecular flexibility index (Phi) is 5.66. The van der Waals surface area contributed by atoms with Gasteiger partial charge in [-0.15, -0.1) is 0 Å². The summed E-state index contributed by atoms with van der Waals surface area (Å²) in [6.07, 6.45) is 1.58. The number of pyridine rings is 1. The third-order valence-electron chi connectivity index (χ3n) is 4.05. The van der Waals surface area contributed by atoms with Gasteiger partial charge in [0.15, 0.2) is 0 Å². The van der Waals surface area contributed by atoms with Crippen LogP contribution in [-0.4, -0.2) is 25.0 Å². The van der Waals surface area contributed by atoms with E-state index in [0.29, 0.717) is 17.9 Å². The monoisotopic (exact) mass is 364 g/mol. The number of benzene rings is 2. The van der Waals surface area contributed by atoms with Gasteiger partial charge in [-0.3, -0.25) is 4.79 Å². The molecule has 0 saturated carbocycles. The van der Waals surface area contributed by atoms with Crippen LogP contribution in [0.5, 0.6) is 0 Å². The smallest absolute Gasteiger partial charge is 0.255 e. The highest BCUT2D eigenvalue weighted by atomic mass is 19.1. The molecule has 0 fully saturated rings. The van der Waals surface area contributed by atoms with Crippen molar-refractivity contribution in [2.45, 2.75) is 6.54 Å². The van der Waals surface area contributed by atoms with Gasteiger partial charge >= 0.3 is 0 Å². The number of amides is 1. The molecule has 138 valence electrons. The number of carbonyl (C=O) groups is 1. The zero-order valence-corrected chi connectivity index (χ0v) is 15.2. The number of hydrogen-bond donors (Lipinski definition) is 2. The minimum Gasteiger partial charge on any atom is -0.378 e. The standard InChI is InChI=1S/C21H21FN4O/c1-26(2)19-9-7-18(8-10-19)25-21(27)16-11-12-23-20(13-16)24-14-15-3-5-17(22)6-4-15/h3-13H,14H2,1-2H3,(H,23,24)(H,25,27). The second-order valence-electron chi connectivity index (χ2n) is 6.31. The molecular weight excluding hydrogens is 343 g/mol. The molecule has 0 unspecified atom stereocenters. The van der Waals surface area contributed by atoms with Crippen molar-refractivity contribution >= 4 is 23.1 Å². The van der Waals surface area contributed by atoms with Gasteiger partial charge < -0.3 is 15.5 Å². The van der Waals surface area contributed by atoms with E-state index in [0.717, 1.165) is 16.9 Å². The van der Waals surface area contributed by atoms with Crippen LogP contribution in [0.3, 0.4) is 0 Å². The Bertz CT molecular complexity index is 908. The molecule has 0 aliphatic heterocycles. The van der Waals surface area contributed by atoms with Crippen molar-refractivity contribution in [1.82, 2.24) is 4.98 Å². The third-order valence-corrected chi connectivity index (χ3v) is 4.05. The zero-order valence-electron chi connectivity index (χ0n) is 15.2. The first kappa shape index (κ1) is 18.4. The number of carbonyl (C=O) groups excluding carboxylic acids is 1. The average Bonchev–Trinajstić information content (AvgIpc) is 2.68. The van der Waals surface area contributed by atoms with Gasteiger partial charge in [0.1, 0.15) is 11.6 Å². The van der Waals surface area contributed by atoms with Gasteiger partial charge in [0.2, 0.25) is 0 Å². The van der Waals surface area contributed by atoms with E-state index >= 15 is 0 Å². The van der Waals surface area contributed by atoms with Gasteiger partial charge in [0.25, 0.3) is 5.91 Å². The fraction of sp³-hybridized carbons (Fsp3) is 0.143. The fourth-order valence-corrected chi connectivity index (χ4v) is 2.51. The van der Waals surface area contributed by atoms with Crippen LogP contribution in [0.4, 0.5) is 21.6 Å². The number of nitrogens with one attached hydrogen (secondary N) is 2. The minimum absolute atomic E-state index is 0.208. The molecule has 6 heteroatoms. The highest BCUT2D eigenvalue weighted by molar-refractivity contribution is 6.04. The normalized spacial score (nSPS) is 10.3. The zero-order chi connectivity index (χ0) is 19.2. The third kappa shape index (κ3) is 5.04. The van der Waals surface area contributed by atoms with E-state index in [1.165, 1.54) is 12.1 Å². The number of nitrogens with zero attached hydrogens (tertiary/aromatic N) is 2. The molecule has 1 amide bonds. The van der Waals surface area contributed by atoms with E-state index in [-0.39, 0.29) is 11.7 Å². The second-order valence-corrected chi connectivity index (χ2v) is 6.31. The van der Waals surface area contributed by atoms with Gasteiger partial charge in [-0.05, 0) is 54.1 Å². The summed E-state index contributed by atoms with van der Waals surface area (Å²) in [7, 11) is 3.93. The number of rotatable bonds is 6. The molecule has 0 aliphatic rings. The average molecular weight is 364 g/mol. The largest absolute Gasteiger partial charge is 0.378 e. The van der Waals surface area contributed by atoms with Gasteiger partial charge in [0, 0.05) is 43.8 Å². The first-order chi connectivity index (χ1) is 13.0. The number of halogens is 1. The molecule has 0 bridgehead atoms. The number of hydrogen-bond acceptors (Lipinski definition) is 4. The summed E-state index contributed by atoms with van der Waals surface area (Å²) in [5.41, 5.74) is 3.21. The fourth-order valence-electron chi connectivity index (χ4n) is 2.51. The summed E-state index contributed by atoms with van der Waals surface area (Å²) >= 11 is 0. The molecule has 0 aliphatic carbocycles. The van der Waals surface area contributed by atoms with E-state index in [4.69, 9.17) is 0 Å². The lowest BCUT2D eigenvalue weighted by Gasteiger charge is -2.13. The summed E-state index contributed by atoms with van der Waals surface area (Å²) in [6, 6.07) is 17.2. The number of anilines is 3. The van der Waals surface area contributed by atoms with Gasteiger partial charge in [-0.25, -0.2) is 9.37 Å². The predicted octanol–water partition coefficient (Wildman–Crippen LogP) is 4.15. The van der Waals surface area contributed by atoms with Crippen LogP contribution in [0, 0.1) is 5.82 Å². The van der Waals surface area contributed by atoms with Crippen LogP contribution in [0.15, 0.2) is 66.9 Å². The van der Waals surface area contributed by atoms with Crippen molar-refractivity contribution in [1.29, 1.82) is 0 Å². The van der Waals surface area contributed by atoms with Crippen LogP contribution >= 0.6 is 0 Å². The van der Waals surface area contributed by atoms with Crippen molar-refractivity contribution in [3.05, 3.63) is 83.8 Å². The van der Waals surface area contributed by atoms with Gasteiger partial charge in [-0.1, -0.05) is 12.1 Å². The minimum atomic E-state index is -0.269. The molecule has 2 N–H and O–H groups in total. The SMILES string of the molecule is CN(C)c1ccc(NC(=O)c2ccnc(NCc3ccc(F)cc3)c2)cc1. The summed E-state index contributed by atoms with van der Waals surface area (Å²) < 4.78 is 13.0. The first-order valence-electron chi connectivity index (χ1n) is 8.54. The van der Waals surface area contributed by atoms with Crippen molar-refractivity contribution in [3.63, 3.8) is 0 Å². The summed E-state index contributed by atoms with van der Waals surface area (Å²) in [5.74, 6) is 0.101. The molecule has 2 aromatic carbocycles. The quantitative estimate of drug-likeness (QED) is 0.690. The van der Waals surface area contributed by atoms with Crippen LogP contribution in [0.2, 0.25) is 0 Å². The summed E-state index contributed by atoms with van der Waals surface area (Å²) in [6.45, 7) is 0.490. The lowest BCUT2D eigenvalue weighted by Crippen LogP contribution is -2.13. The molecule has 0 saturated heterocycles. The molecule has 0 radical (unpaired) electrons. The Morgan fingerprint density at radius 3 is 2.41 bits per heavy atom. The maximum Gasteiger partial charge on any atom is 0.255 e. The maximum atomic E-state index is 13.0. The van der Waals surface area contributed by atoms with E-state index in [9.17, 15) is 9.18 Å². The summed E-state index contributed by atoms with van der Waals surface area (Å²) in [5, 5.41) is 6.02. The Morgan fingerprint density at radius 2 is 1.74 bits per heavy atom. The van der Waals surface area contributed by atoms with Crippen molar-refractivity contribution in [3.8, 4) is 0 Å². The molecular formula is C21H21FN4O. The Balaban J connectivity index is 1.63. The van der Waals surface area contributed by atoms with Crippen molar-refractivity contribution < 1.29 is 9.18 Å². The predicted molar refractivity (Wildman–Crippen MR) is 107 cm³/mol. The van der Waals surface area contributed by atoms with Crippen molar-refractivity contribution in [2.24, 2.45) is 0 Å². The highest BCUT2D eigenvalue weighted by Gasteiger charge is 2.08. The van der Waals surface area contributed by atoms with E-state index in [1.807, 2.05) is 43.3 Å². The van der Waals surface area contributed by atoms with E-state index in [2.05, 4.69) is 15.6 Å². The molecule has 3 rings (SSSR count). The first-order valence-corrected chi connectivity index (χ1v) is 8.54. The van der Waals surface area contributed by atoms with Crippen LogP contribution in [-0.2, 0) is 6.54 Å². The molecule has 1 aromatic heterocycles. The lowest BCUT2D eigenvalue weighted by atomic mass is 10.2. The highest BCUT2D eigenvalue weighted by Crippen LogP contribution is 2.17. The Morgan fingerprint density at radius 1 is 1.04 bits per heavy atom. The molecule has 0 spiro atoms. The maximum absolute atomic E-state index is 13.0.